The lowest BCUT2D eigenvalue weighted by Gasteiger charge is -2.41. The van der Waals surface area contributed by atoms with Crippen LogP contribution >= 0.6 is 0 Å². The smallest absolute Gasteiger partial charge is 0.361 e. The minimum atomic E-state index is -0.134. The molecular weight excluding hydrogens is 305 g/mol. The normalized spacial score (nSPS) is 23.3. The third-order valence-corrected chi connectivity index (χ3v) is 6.04. The SMILES string of the molecule is B1NC(C2CCCCC2)C(Cc2ccccc2)(Cc2ccccc2)O1. The van der Waals surface area contributed by atoms with Gasteiger partial charge in [0.1, 0.15) is 0 Å². The van der Waals surface area contributed by atoms with E-state index in [9.17, 15) is 0 Å². The van der Waals surface area contributed by atoms with E-state index in [1.807, 2.05) is 0 Å². The van der Waals surface area contributed by atoms with Crippen LogP contribution in [0.4, 0.5) is 0 Å². The summed E-state index contributed by atoms with van der Waals surface area (Å²) in [4.78, 5) is 0. The van der Waals surface area contributed by atoms with Crippen LogP contribution in [0.2, 0.25) is 0 Å². The van der Waals surface area contributed by atoms with Crippen molar-refractivity contribution in [3.05, 3.63) is 71.8 Å². The summed E-state index contributed by atoms with van der Waals surface area (Å²) in [6, 6.07) is 22.2. The van der Waals surface area contributed by atoms with Crippen LogP contribution in [0.25, 0.3) is 0 Å². The van der Waals surface area contributed by atoms with E-state index in [1.54, 1.807) is 0 Å². The van der Waals surface area contributed by atoms with Crippen LogP contribution in [0, 0.1) is 5.92 Å². The maximum absolute atomic E-state index is 6.50. The lowest BCUT2D eigenvalue weighted by atomic mass is 9.72. The van der Waals surface area contributed by atoms with Gasteiger partial charge in [0.25, 0.3) is 0 Å². The lowest BCUT2D eigenvalue weighted by Crippen LogP contribution is -2.52. The molecule has 0 spiro atoms. The van der Waals surface area contributed by atoms with Crippen LogP contribution in [-0.4, -0.2) is 19.3 Å². The number of hydrogen-bond donors (Lipinski definition) is 1. The Kier molecular flexibility index (Phi) is 5.24. The molecule has 0 bridgehead atoms. The van der Waals surface area contributed by atoms with E-state index >= 15 is 0 Å². The van der Waals surface area contributed by atoms with Gasteiger partial charge in [0.15, 0.2) is 0 Å². The fraction of sp³-hybridized carbons (Fsp3) is 0.455. The van der Waals surface area contributed by atoms with Gasteiger partial charge in [-0.3, -0.25) is 0 Å². The average Bonchev–Trinajstić information content (AvgIpc) is 3.07. The van der Waals surface area contributed by atoms with Crippen LogP contribution in [0.1, 0.15) is 43.2 Å². The molecule has 0 aromatic heterocycles. The molecule has 2 aromatic rings. The second-order valence-corrected chi connectivity index (χ2v) is 7.76. The highest BCUT2D eigenvalue weighted by Gasteiger charge is 2.47. The zero-order valence-corrected chi connectivity index (χ0v) is 15.0. The first kappa shape index (κ1) is 16.9. The maximum Gasteiger partial charge on any atom is 0.361 e. The van der Waals surface area contributed by atoms with Crippen LogP contribution in [-0.2, 0) is 17.5 Å². The largest absolute Gasteiger partial charge is 0.416 e. The maximum atomic E-state index is 6.50. The minimum absolute atomic E-state index is 0.134. The van der Waals surface area contributed by atoms with Gasteiger partial charge in [-0.15, -0.1) is 0 Å². The number of hydrogen-bond acceptors (Lipinski definition) is 2. The second-order valence-electron chi connectivity index (χ2n) is 7.76. The van der Waals surface area contributed by atoms with Crippen molar-refractivity contribution in [1.29, 1.82) is 0 Å². The Morgan fingerprint density at radius 1 is 0.840 bits per heavy atom. The van der Waals surface area contributed by atoms with Crippen molar-refractivity contribution in [2.75, 3.05) is 0 Å². The molecule has 0 radical (unpaired) electrons. The van der Waals surface area contributed by atoms with Crippen LogP contribution in [0.15, 0.2) is 60.7 Å². The quantitative estimate of drug-likeness (QED) is 0.834. The molecule has 1 heterocycles. The highest BCUT2D eigenvalue weighted by molar-refractivity contribution is 6.25. The summed E-state index contributed by atoms with van der Waals surface area (Å²) >= 11 is 0. The molecule has 1 aliphatic heterocycles. The van der Waals surface area contributed by atoms with E-state index in [2.05, 4.69) is 65.9 Å². The standard InChI is InChI=1S/C22H28BNO/c1-4-10-18(11-5-1)16-22(17-19-12-6-2-7-13-19)21(24-23-25-22)20-14-8-3-9-15-20/h1-2,4-7,10-13,20-21,23-24H,3,8-9,14-17H2. The Balaban J connectivity index is 1.64. The van der Waals surface area contributed by atoms with Gasteiger partial charge in [-0.25, -0.2) is 0 Å². The molecule has 1 aliphatic carbocycles. The molecule has 1 N–H and O–H groups in total. The highest BCUT2D eigenvalue weighted by Crippen LogP contribution is 2.38. The first-order valence-electron chi connectivity index (χ1n) is 9.81. The number of benzene rings is 2. The third-order valence-electron chi connectivity index (χ3n) is 6.04. The van der Waals surface area contributed by atoms with Crippen LogP contribution < -0.4 is 5.23 Å². The van der Waals surface area contributed by atoms with Crippen molar-refractivity contribution < 1.29 is 4.65 Å². The van der Waals surface area contributed by atoms with E-state index < -0.39 is 0 Å². The van der Waals surface area contributed by atoms with E-state index in [4.69, 9.17) is 4.65 Å². The summed E-state index contributed by atoms with van der Waals surface area (Å²) in [5.41, 5.74) is 2.62. The lowest BCUT2D eigenvalue weighted by molar-refractivity contribution is 0.0437. The Bertz CT molecular complexity index is 613. The summed E-state index contributed by atoms with van der Waals surface area (Å²) in [6.07, 6.45) is 8.78. The fourth-order valence-electron chi connectivity index (χ4n) is 4.88. The Morgan fingerprint density at radius 3 is 1.96 bits per heavy atom. The van der Waals surface area contributed by atoms with Gasteiger partial charge in [-0.2, -0.15) is 0 Å². The van der Waals surface area contributed by atoms with E-state index in [0.29, 0.717) is 13.7 Å². The first-order valence-corrected chi connectivity index (χ1v) is 9.81. The van der Waals surface area contributed by atoms with E-state index in [0.717, 1.165) is 18.8 Å². The van der Waals surface area contributed by atoms with Crippen molar-refractivity contribution >= 4 is 7.62 Å². The molecule has 1 saturated carbocycles. The molecule has 4 rings (SSSR count). The zero-order valence-electron chi connectivity index (χ0n) is 15.0. The second kappa shape index (κ2) is 7.76. The highest BCUT2D eigenvalue weighted by atomic mass is 16.5. The van der Waals surface area contributed by atoms with Gasteiger partial charge in [-0.1, -0.05) is 79.9 Å². The van der Waals surface area contributed by atoms with Gasteiger partial charge in [0.05, 0.1) is 5.60 Å². The van der Waals surface area contributed by atoms with Crippen molar-refractivity contribution in [3.63, 3.8) is 0 Å². The first-order chi connectivity index (χ1) is 12.4. The molecule has 25 heavy (non-hydrogen) atoms. The minimum Gasteiger partial charge on any atom is -0.416 e. The number of rotatable bonds is 5. The van der Waals surface area contributed by atoms with Crippen molar-refractivity contribution in [2.24, 2.45) is 5.92 Å². The van der Waals surface area contributed by atoms with Gasteiger partial charge in [0, 0.05) is 18.9 Å². The van der Waals surface area contributed by atoms with Crippen molar-refractivity contribution in [2.45, 2.75) is 56.6 Å². The summed E-state index contributed by atoms with van der Waals surface area (Å²) in [7, 11) is 0.681. The van der Waals surface area contributed by atoms with E-state index in [1.165, 1.54) is 43.2 Å². The average molecular weight is 333 g/mol. The molecule has 2 aliphatic rings. The Labute approximate surface area is 152 Å². The zero-order chi connectivity index (χ0) is 17.0. The molecule has 1 unspecified atom stereocenters. The Hall–Kier alpha value is -1.58. The molecule has 2 fully saturated rings. The molecule has 3 heteroatoms. The van der Waals surface area contributed by atoms with Gasteiger partial charge in [-0.05, 0) is 29.9 Å². The number of nitrogens with one attached hydrogen (secondary N) is 1. The summed E-state index contributed by atoms with van der Waals surface area (Å²) in [5, 5.41) is 3.74. The summed E-state index contributed by atoms with van der Waals surface area (Å²) < 4.78 is 6.50. The molecule has 2 nitrogen and oxygen atoms in total. The molecule has 1 saturated heterocycles. The molecule has 2 aromatic carbocycles. The third kappa shape index (κ3) is 3.83. The monoisotopic (exact) mass is 333 g/mol. The fourth-order valence-corrected chi connectivity index (χ4v) is 4.88. The predicted octanol–water partition coefficient (Wildman–Crippen LogP) is 4.05. The molecule has 130 valence electrons. The van der Waals surface area contributed by atoms with E-state index in [-0.39, 0.29) is 5.60 Å². The molecule has 0 amide bonds. The van der Waals surface area contributed by atoms with Crippen molar-refractivity contribution in [1.82, 2.24) is 5.23 Å². The topological polar surface area (TPSA) is 21.3 Å². The molecule has 1 atom stereocenters. The van der Waals surface area contributed by atoms with Gasteiger partial charge in [0.2, 0.25) is 0 Å². The summed E-state index contributed by atoms with van der Waals surface area (Å²) in [6.45, 7) is 0. The van der Waals surface area contributed by atoms with Crippen molar-refractivity contribution in [3.8, 4) is 0 Å². The molecular formula is C22H28BNO. The Morgan fingerprint density at radius 2 is 1.40 bits per heavy atom. The van der Waals surface area contributed by atoms with Crippen LogP contribution in [0.3, 0.4) is 0 Å². The predicted molar refractivity (Wildman–Crippen MR) is 105 cm³/mol. The van der Waals surface area contributed by atoms with Gasteiger partial charge >= 0.3 is 7.62 Å². The van der Waals surface area contributed by atoms with Crippen LogP contribution in [0.5, 0.6) is 0 Å². The van der Waals surface area contributed by atoms with Gasteiger partial charge < -0.3 is 9.88 Å². The summed E-state index contributed by atoms with van der Waals surface area (Å²) in [5.74, 6) is 0.740.